The van der Waals surface area contributed by atoms with Crippen molar-refractivity contribution in [3.63, 3.8) is 0 Å². The van der Waals surface area contributed by atoms with Gasteiger partial charge in [-0.25, -0.2) is 4.39 Å². The Balaban J connectivity index is 1.68. The maximum absolute atomic E-state index is 12.8. The molecule has 5 heteroatoms. The zero-order valence-electron chi connectivity index (χ0n) is 10.0. The normalized spacial score (nSPS) is 16.6. The first-order valence-corrected chi connectivity index (χ1v) is 6.47. The lowest BCUT2D eigenvalue weighted by molar-refractivity contribution is 0.0386. The van der Waals surface area contributed by atoms with Gasteiger partial charge < -0.3 is 15.2 Å². The Kier molecular flexibility index (Phi) is 4.80. The molecule has 18 heavy (non-hydrogen) atoms. The highest BCUT2D eigenvalue weighted by Crippen LogP contribution is 2.28. The van der Waals surface area contributed by atoms with E-state index in [-0.39, 0.29) is 5.82 Å². The topological polar surface area (TPSA) is 41.5 Å². The van der Waals surface area contributed by atoms with E-state index in [4.69, 9.17) is 16.3 Å². The fraction of sp³-hybridized carbons (Fsp3) is 0.538. The molecule has 1 fully saturated rings. The van der Waals surface area contributed by atoms with Crippen molar-refractivity contribution >= 4 is 17.3 Å². The van der Waals surface area contributed by atoms with Crippen molar-refractivity contribution in [2.45, 2.75) is 18.9 Å². The van der Waals surface area contributed by atoms with E-state index in [1.807, 2.05) is 0 Å². The molecular weight excluding hydrogens is 257 g/mol. The Morgan fingerprint density at radius 3 is 2.94 bits per heavy atom. The number of benzene rings is 1. The summed E-state index contributed by atoms with van der Waals surface area (Å²) >= 11 is 5.85. The number of aliphatic hydroxyl groups is 1. The summed E-state index contributed by atoms with van der Waals surface area (Å²) in [7, 11) is 0. The highest BCUT2D eigenvalue weighted by atomic mass is 35.5. The minimum absolute atomic E-state index is 0.307. The van der Waals surface area contributed by atoms with Crippen LogP contribution in [0.4, 0.5) is 10.1 Å². The summed E-state index contributed by atoms with van der Waals surface area (Å²) in [4.78, 5) is 0. The van der Waals surface area contributed by atoms with Gasteiger partial charge in [-0.3, -0.25) is 0 Å². The minimum atomic E-state index is -0.593. The third-order valence-electron chi connectivity index (χ3n) is 2.82. The molecule has 2 N–H and O–H groups in total. The maximum Gasteiger partial charge on any atom is 0.124 e. The molecule has 0 saturated heterocycles. The standard InChI is InChI=1S/C13H17ClFNO2/c14-12-5-10(15)3-4-13(12)16-6-11(17)8-18-7-9-1-2-9/h3-5,9,11,16-17H,1-2,6-8H2. The largest absolute Gasteiger partial charge is 0.389 e. The van der Waals surface area contributed by atoms with Gasteiger partial charge >= 0.3 is 0 Å². The van der Waals surface area contributed by atoms with E-state index in [1.54, 1.807) is 6.07 Å². The third kappa shape index (κ3) is 4.44. The van der Waals surface area contributed by atoms with Crippen molar-refractivity contribution in [3.8, 4) is 0 Å². The lowest BCUT2D eigenvalue weighted by Gasteiger charge is -2.14. The van der Waals surface area contributed by atoms with Gasteiger partial charge in [0.05, 0.1) is 23.4 Å². The van der Waals surface area contributed by atoms with Gasteiger partial charge in [0, 0.05) is 13.2 Å². The Morgan fingerprint density at radius 2 is 2.28 bits per heavy atom. The summed E-state index contributed by atoms with van der Waals surface area (Å²) < 4.78 is 18.2. The first-order chi connectivity index (χ1) is 8.65. The molecule has 0 bridgehead atoms. The van der Waals surface area contributed by atoms with Crippen LogP contribution in [0.15, 0.2) is 18.2 Å². The second-order valence-electron chi connectivity index (χ2n) is 4.64. The van der Waals surface area contributed by atoms with Gasteiger partial charge in [0.2, 0.25) is 0 Å². The van der Waals surface area contributed by atoms with E-state index >= 15 is 0 Å². The summed E-state index contributed by atoms with van der Waals surface area (Å²) in [6, 6.07) is 4.11. The highest BCUT2D eigenvalue weighted by molar-refractivity contribution is 6.33. The minimum Gasteiger partial charge on any atom is -0.389 e. The summed E-state index contributed by atoms with van der Waals surface area (Å²) in [5.74, 6) is 0.315. The van der Waals surface area contributed by atoms with Gasteiger partial charge in [0.25, 0.3) is 0 Å². The second kappa shape index (κ2) is 6.36. The van der Waals surface area contributed by atoms with Crippen LogP contribution in [0.5, 0.6) is 0 Å². The number of halogens is 2. The van der Waals surface area contributed by atoms with Crippen LogP contribution in [0, 0.1) is 11.7 Å². The first kappa shape index (κ1) is 13.6. The van der Waals surface area contributed by atoms with E-state index in [9.17, 15) is 9.50 Å². The number of nitrogens with one attached hydrogen (secondary N) is 1. The monoisotopic (exact) mass is 273 g/mol. The van der Waals surface area contributed by atoms with E-state index < -0.39 is 6.10 Å². The fourth-order valence-corrected chi connectivity index (χ4v) is 1.81. The van der Waals surface area contributed by atoms with Crippen molar-refractivity contribution in [1.29, 1.82) is 0 Å². The predicted octanol–water partition coefficient (Wildman–Crippen LogP) is 2.68. The van der Waals surface area contributed by atoms with Crippen LogP contribution in [0.2, 0.25) is 5.02 Å². The Morgan fingerprint density at radius 1 is 1.50 bits per heavy atom. The van der Waals surface area contributed by atoms with Gasteiger partial charge in [-0.2, -0.15) is 0 Å². The summed E-state index contributed by atoms with van der Waals surface area (Å²) in [5, 5.41) is 13.0. The second-order valence-corrected chi connectivity index (χ2v) is 5.05. The van der Waals surface area contributed by atoms with E-state index in [0.717, 1.165) is 6.61 Å². The van der Waals surface area contributed by atoms with Crippen molar-refractivity contribution < 1.29 is 14.2 Å². The molecule has 1 aromatic carbocycles. The molecule has 1 unspecified atom stereocenters. The molecule has 1 aromatic rings. The lowest BCUT2D eigenvalue weighted by atomic mass is 10.3. The van der Waals surface area contributed by atoms with Crippen LogP contribution in [-0.4, -0.2) is 31.0 Å². The number of hydrogen-bond acceptors (Lipinski definition) is 3. The van der Waals surface area contributed by atoms with E-state index in [0.29, 0.717) is 29.8 Å². The van der Waals surface area contributed by atoms with E-state index in [1.165, 1.54) is 25.0 Å². The average molecular weight is 274 g/mol. The Labute approximate surface area is 111 Å². The zero-order chi connectivity index (χ0) is 13.0. The van der Waals surface area contributed by atoms with Crippen LogP contribution in [-0.2, 0) is 4.74 Å². The van der Waals surface area contributed by atoms with Crippen molar-refractivity contribution in [1.82, 2.24) is 0 Å². The highest BCUT2D eigenvalue weighted by Gasteiger charge is 2.21. The van der Waals surface area contributed by atoms with Crippen molar-refractivity contribution in [3.05, 3.63) is 29.0 Å². The molecule has 2 rings (SSSR count). The molecule has 1 saturated carbocycles. The molecule has 0 aliphatic heterocycles. The smallest absolute Gasteiger partial charge is 0.124 e. The number of aliphatic hydroxyl groups excluding tert-OH is 1. The summed E-state index contributed by atoms with van der Waals surface area (Å²) in [6.07, 6.45) is 1.88. The average Bonchev–Trinajstić information content (AvgIpc) is 3.12. The van der Waals surface area contributed by atoms with Crippen LogP contribution < -0.4 is 5.32 Å². The van der Waals surface area contributed by atoms with Gasteiger partial charge in [-0.05, 0) is 37.0 Å². The quantitative estimate of drug-likeness (QED) is 0.803. The lowest BCUT2D eigenvalue weighted by Crippen LogP contribution is -2.25. The van der Waals surface area contributed by atoms with Gasteiger partial charge in [-0.1, -0.05) is 11.6 Å². The molecule has 3 nitrogen and oxygen atoms in total. The Bertz CT molecular complexity index is 399. The first-order valence-electron chi connectivity index (χ1n) is 6.10. The number of ether oxygens (including phenoxy) is 1. The maximum atomic E-state index is 12.8. The summed E-state index contributed by atoms with van der Waals surface area (Å²) in [5.41, 5.74) is 0.610. The van der Waals surface area contributed by atoms with Gasteiger partial charge in [0.1, 0.15) is 5.82 Å². The molecule has 0 radical (unpaired) electrons. The molecule has 0 amide bonds. The molecule has 0 aromatic heterocycles. The van der Waals surface area contributed by atoms with Gasteiger partial charge in [0.15, 0.2) is 0 Å². The Hall–Kier alpha value is -0.840. The molecule has 1 atom stereocenters. The van der Waals surface area contributed by atoms with E-state index in [2.05, 4.69) is 5.32 Å². The fourth-order valence-electron chi connectivity index (χ4n) is 1.57. The zero-order valence-corrected chi connectivity index (χ0v) is 10.8. The predicted molar refractivity (Wildman–Crippen MR) is 69.4 cm³/mol. The van der Waals surface area contributed by atoms with Crippen molar-refractivity contribution in [2.75, 3.05) is 25.1 Å². The molecule has 1 aliphatic carbocycles. The van der Waals surface area contributed by atoms with Crippen LogP contribution >= 0.6 is 11.6 Å². The van der Waals surface area contributed by atoms with Gasteiger partial charge in [-0.15, -0.1) is 0 Å². The third-order valence-corrected chi connectivity index (χ3v) is 3.13. The number of anilines is 1. The number of rotatable bonds is 7. The molecule has 0 spiro atoms. The van der Waals surface area contributed by atoms with Crippen LogP contribution in [0.25, 0.3) is 0 Å². The van der Waals surface area contributed by atoms with Crippen LogP contribution in [0.1, 0.15) is 12.8 Å². The molecule has 0 heterocycles. The molecular formula is C13H17ClFNO2. The number of hydrogen-bond donors (Lipinski definition) is 2. The molecule has 1 aliphatic rings. The van der Waals surface area contributed by atoms with Crippen LogP contribution in [0.3, 0.4) is 0 Å². The molecule has 100 valence electrons. The summed E-state index contributed by atoms with van der Waals surface area (Å²) in [6.45, 7) is 1.37. The van der Waals surface area contributed by atoms with Crippen molar-refractivity contribution in [2.24, 2.45) is 5.92 Å². The SMILES string of the molecule is OC(CNc1ccc(F)cc1Cl)COCC1CC1.